The highest BCUT2D eigenvalue weighted by atomic mass is 19.1. The molecule has 2 heterocycles. The number of carbonyl (C=O) groups excluding carboxylic acids is 1. The summed E-state index contributed by atoms with van der Waals surface area (Å²) < 4.78 is 14.8. The minimum absolute atomic E-state index is 0.0647. The number of rotatable bonds is 4. The first-order chi connectivity index (χ1) is 10.6. The summed E-state index contributed by atoms with van der Waals surface area (Å²) in [5.74, 6) is -0.140. The molecule has 1 aliphatic rings. The van der Waals surface area contributed by atoms with Crippen molar-refractivity contribution in [3.05, 3.63) is 47.5 Å². The van der Waals surface area contributed by atoms with Crippen LogP contribution in [-0.2, 0) is 4.79 Å². The largest absolute Gasteiger partial charge is 0.349 e. The summed E-state index contributed by atoms with van der Waals surface area (Å²) >= 11 is 0. The van der Waals surface area contributed by atoms with E-state index in [1.807, 2.05) is 13.8 Å². The number of benzene rings is 1. The van der Waals surface area contributed by atoms with E-state index in [-0.39, 0.29) is 23.7 Å². The van der Waals surface area contributed by atoms with Gasteiger partial charge in [0.15, 0.2) is 0 Å². The van der Waals surface area contributed by atoms with Crippen molar-refractivity contribution >= 4 is 5.91 Å². The van der Waals surface area contributed by atoms with Crippen LogP contribution in [0.1, 0.15) is 24.2 Å². The first-order valence-corrected chi connectivity index (χ1v) is 7.38. The maximum absolute atomic E-state index is 13.0. The summed E-state index contributed by atoms with van der Waals surface area (Å²) in [7, 11) is 0. The standard InChI is InChI=1S/C16H19FN4O/c1-10(20-16(22)12-7-18-8-12)15-9-19-21(11(15)2)14-5-3-13(17)4-6-14/h3-6,9-10,12,18H,7-8H2,1-2H3,(H,20,22). The van der Waals surface area contributed by atoms with E-state index in [9.17, 15) is 9.18 Å². The second-order valence-electron chi connectivity index (χ2n) is 5.66. The average Bonchev–Trinajstić information content (AvgIpc) is 2.79. The molecule has 2 aromatic rings. The number of nitrogens with zero attached hydrogens (tertiary/aromatic N) is 2. The van der Waals surface area contributed by atoms with Gasteiger partial charge in [0.05, 0.1) is 23.8 Å². The predicted octanol–water partition coefficient (Wildman–Crippen LogP) is 1.72. The quantitative estimate of drug-likeness (QED) is 0.904. The molecule has 1 aliphatic heterocycles. The van der Waals surface area contributed by atoms with E-state index < -0.39 is 0 Å². The Balaban J connectivity index is 1.77. The van der Waals surface area contributed by atoms with E-state index in [4.69, 9.17) is 0 Å². The Morgan fingerprint density at radius 2 is 2.09 bits per heavy atom. The Morgan fingerprint density at radius 1 is 1.41 bits per heavy atom. The van der Waals surface area contributed by atoms with E-state index in [0.29, 0.717) is 0 Å². The van der Waals surface area contributed by atoms with Gasteiger partial charge in [0, 0.05) is 24.3 Å². The molecule has 22 heavy (non-hydrogen) atoms. The summed E-state index contributed by atoms with van der Waals surface area (Å²) in [6.45, 7) is 5.38. The molecule has 3 rings (SSSR count). The second kappa shape index (κ2) is 5.88. The van der Waals surface area contributed by atoms with Gasteiger partial charge < -0.3 is 10.6 Å². The highest BCUT2D eigenvalue weighted by molar-refractivity contribution is 5.80. The Bertz CT molecular complexity index is 676. The van der Waals surface area contributed by atoms with Gasteiger partial charge in [-0.2, -0.15) is 5.10 Å². The van der Waals surface area contributed by atoms with Crippen LogP contribution in [0, 0.1) is 18.7 Å². The lowest BCUT2D eigenvalue weighted by Crippen LogP contribution is -2.51. The highest BCUT2D eigenvalue weighted by Gasteiger charge is 2.26. The summed E-state index contributed by atoms with van der Waals surface area (Å²) in [6, 6.07) is 6.07. The van der Waals surface area contributed by atoms with Gasteiger partial charge in [0.1, 0.15) is 5.82 Å². The monoisotopic (exact) mass is 302 g/mol. The van der Waals surface area contributed by atoms with Crippen molar-refractivity contribution in [2.24, 2.45) is 5.92 Å². The summed E-state index contributed by atoms with van der Waals surface area (Å²) in [5.41, 5.74) is 2.70. The number of carbonyl (C=O) groups is 1. The molecule has 1 aromatic heterocycles. The lowest BCUT2D eigenvalue weighted by atomic mass is 10.0. The molecule has 1 fully saturated rings. The van der Waals surface area contributed by atoms with Gasteiger partial charge in [-0.15, -0.1) is 0 Å². The number of nitrogens with one attached hydrogen (secondary N) is 2. The van der Waals surface area contributed by atoms with Crippen molar-refractivity contribution in [2.45, 2.75) is 19.9 Å². The summed E-state index contributed by atoms with van der Waals surface area (Å²) in [5, 5.41) is 10.5. The maximum atomic E-state index is 13.0. The molecule has 0 aliphatic carbocycles. The molecule has 2 N–H and O–H groups in total. The molecule has 0 spiro atoms. The number of aromatic nitrogens is 2. The molecule has 0 saturated carbocycles. The fourth-order valence-corrected chi connectivity index (χ4v) is 2.57. The van der Waals surface area contributed by atoms with Crippen molar-refractivity contribution in [3.63, 3.8) is 0 Å². The Morgan fingerprint density at radius 3 is 2.68 bits per heavy atom. The SMILES string of the molecule is Cc1c(C(C)NC(=O)C2CNC2)cnn1-c1ccc(F)cc1. The lowest BCUT2D eigenvalue weighted by molar-refractivity contribution is -0.127. The molecular formula is C16H19FN4O. The van der Waals surface area contributed by atoms with Crippen LogP contribution in [0.25, 0.3) is 5.69 Å². The second-order valence-corrected chi connectivity index (χ2v) is 5.66. The van der Waals surface area contributed by atoms with Gasteiger partial charge in [-0.3, -0.25) is 4.79 Å². The molecule has 6 heteroatoms. The topological polar surface area (TPSA) is 59.0 Å². The molecule has 0 radical (unpaired) electrons. The molecule has 0 bridgehead atoms. The van der Waals surface area contributed by atoms with Gasteiger partial charge in [-0.05, 0) is 38.1 Å². The fraction of sp³-hybridized carbons (Fsp3) is 0.375. The maximum Gasteiger partial charge on any atom is 0.226 e. The van der Waals surface area contributed by atoms with Crippen molar-refractivity contribution in [2.75, 3.05) is 13.1 Å². The zero-order valence-electron chi connectivity index (χ0n) is 12.6. The molecule has 1 saturated heterocycles. The van der Waals surface area contributed by atoms with Crippen LogP contribution in [0.2, 0.25) is 0 Å². The van der Waals surface area contributed by atoms with E-state index in [0.717, 1.165) is 30.0 Å². The third-order valence-electron chi connectivity index (χ3n) is 4.10. The van der Waals surface area contributed by atoms with E-state index in [2.05, 4.69) is 15.7 Å². The minimum atomic E-state index is -0.275. The summed E-state index contributed by atoms with van der Waals surface area (Å²) in [4.78, 5) is 12.0. The zero-order valence-corrected chi connectivity index (χ0v) is 12.6. The van der Waals surface area contributed by atoms with Gasteiger partial charge in [-0.25, -0.2) is 9.07 Å². The molecule has 1 unspecified atom stereocenters. The van der Waals surface area contributed by atoms with Crippen LogP contribution in [0.3, 0.4) is 0 Å². The lowest BCUT2D eigenvalue weighted by Gasteiger charge is -2.27. The molecule has 5 nitrogen and oxygen atoms in total. The van der Waals surface area contributed by atoms with Gasteiger partial charge in [-0.1, -0.05) is 0 Å². The van der Waals surface area contributed by atoms with E-state index in [1.54, 1.807) is 23.0 Å². The van der Waals surface area contributed by atoms with Gasteiger partial charge in [0.25, 0.3) is 0 Å². The molecular weight excluding hydrogens is 283 g/mol. The normalized spacial score (nSPS) is 16.1. The van der Waals surface area contributed by atoms with Crippen molar-refractivity contribution in [3.8, 4) is 5.69 Å². The van der Waals surface area contributed by atoms with Crippen LogP contribution < -0.4 is 10.6 Å². The number of halogens is 1. The number of amides is 1. The van der Waals surface area contributed by atoms with E-state index in [1.165, 1.54) is 12.1 Å². The minimum Gasteiger partial charge on any atom is -0.349 e. The van der Waals surface area contributed by atoms with Crippen molar-refractivity contribution in [1.29, 1.82) is 0 Å². The Hall–Kier alpha value is -2.21. The van der Waals surface area contributed by atoms with Crippen LogP contribution in [0.15, 0.2) is 30.5 Å². The van der Waals surface area contributed by atoms with Crippen LogP contribution in [0.4, 0.5) is 4.39 Å². The molecule has 1 amide bonds. The van der Waals surface area contributed by atoms with Crippen molar-refractivity contribution in [1.82, 2.24) is 20.4 Å². The smallest absolute Gasteiger partial charge is 0.226 e. The number of hydrogen-bond acceptors (Lipinski definition) is 3. The van der Waals surface area contributed by atoms with Gasteiger partial charge >= 0.3 is 0 Å². The average molecular weight is 302 g/mol. The van der Waals surface area contributed by atoms with Gasteiger partial charge in [0.2, 0.25) is 5.91 Å². The molecule has 1 aromatic carbocycles. The first-order valence-electron chi connectivity index (χ1n) is 7.38. The Kier molecular flexibility index (Phi) is 3.94. The third-order valence-corrected chi connectivity index (χ3v) is 4.10. The Labute approximate surface area is 128 Å². The fourth-order valence-electron chi connectivity index (χ4n) is 2.57. The zero-order chi connectivity index (χ0) is 15.7. The molecule has 116 valence electrons. The van der Waals surface area contributed by atoms with Crippen LogP contribution in [0.5, 0.6) is 0 Å². The summed E-state index contributed by atoms with van der Waals surface area (Å²) in [6.07, 6.45) is 1.75. The highest BCUT2D eigenvalue weighted by Crippen LogP contribution is 2.21. The third kappa shape index (κ3) is 2.74. The van der Waals surface area contributed by atoms with E-state index >= 15 is 0 Å². The van der Waals surface area contributed by atoms with Crippen molar-refractivity contribution < 1.29 is 9.18 Å². The number of hydrogen-bond donors (Lipinski definition) is 2. The first kappa shape index (κ1) is 14.7. The van der Waals surface area contributed by atoms with Crippen LogP contribution in [-0.4, -0.2) is 28.8 Å². The van der Waals surface area contributed by atoms with Crippen LogP contribution >= 0.6 is 0 Å². The predicted molar refractivity (Wildman–Crippen MR) is 81.2 cm³/mol. The molecule has 1 atom stereocenters.